The first-order valence-corrected chi connectivity index (χ1v) is 4.97. The van der Waals surface area contributed by atoms with Crippen molar-refractivity contribution >= 4 is 0 Å². The molecule has 66 valence electrons. The van der Waals surface area contributed by atoms with E-state index in [9.17, 15) is 0 Å². The van der Waals surface area contributed by atoms with Crippen LogP contribution in [0.3, 0.4) is 0 Å². The Morgan fingerprint density at radius 2 is 2.00 bits per heavy atom. The van der Waals surface area contributed by atoms with Gasteiger partial charge in [-0.15, -0.1) is 0 Å². The van der Waals surface area contributed by atoms with Crippen LogP contribution >= 0.6 is 0 Å². The Morgan fingerprint density at radius 1 is 1.33 bits per heavy atom. The predicted octanol–water partition coefficient (Wildman–Crippen LogP) is 2.83. The second-order valence-electron chi connectivity index (χ2n) is 5.19. The van der Waals surface area contributed by atoms with Crippen molar-refractivity contribution in [2.45, 2.75) is 33.6 Å². The van der Waals surface area contributed by atoms with E-state index in [0.29, 0.717) is 17.3 Å². The highest BCUT2D eigenvalue weighted by atomic mass is 14.6. The summed E-state index contributed by atoms with van der Waals surface area (Å²) in [6, 6.07) is 2.45. The molecule has 0 aliphatic heterocycles. The molecule has 0 spiro atoms. The Kier molecular flexibility index (Phi) is 1.52. The van der Waals surface area contributed by atoms with Crippen LogP contribution in [0.1, 0.15) is 33.6 Å². The van der Waals surface area contributed by atoms with E-state index in [1.807, 2.05) is 0 Å². The lowest BCUT2D eigenvalue weighted by atomic mass is 9.44. The van der Waals surface area contributed by atoms with Crippen LogP contribution in [0.25, 0.3) is 0 Å². The monoisotopic (exact) mass is 163 g/mol. The molecule has 0 saturated heterocycles. The summed E-state index contributed by atoms with van der Waals surface area (Å²) in [5, 5.41) is 8.92. The first-order valence-electron chi connectivity index (χ1n) is 4.97. The molecular weight excluding hydrogens is 146 g/mol. The van der Waals surface area contributed by atoms with Crippen LogP contribution in [0.15, 0.2) is 0 Å². The number of fused-ring (bicyclic) bond motifs is 2. The van der Waals surface area contributed by atoms with Gasteiger partial charge in [0.1, 0.15) is 0 Å². The zero-order chi connectivity index (χ0) is 8.93. The molecule has 1 nitrogen and oxygen atoms in total. The molecular formula is C11H17N. The van der Waals surface area contributed by atoms with Crippen molar-refractivity contribution in [2.75, 3.05) is 0 Å². The molecule has 0 aromatic carbocycles. The number of nitriles is 1. The minimum Gasteiger partial charge on any atom is -0.198 e. The van der Waals surface area contributed by atoms with Gasteiger partial charge in [-0.3, -0.25) is 0 Å². The highest BCUT2D eigenvalue weighted by molar-refractivity contribution is 5.09. The maximum absolute atomic E-state index is 8.92. The van der Waals surface area contributed by atoms with Crippen molar-refractivity contribution in [3.8, 4) is 6.07 Å². The van der Waals surface area contributed by atoms with Crippen molar-refractivity contribution in [1.29, 1.82) is 5.26 Å². The maximum atomic E-state index is 8.92. The summed E-state index contributed by atoms with van der Waals surface area (Å²) < 4.78 is 0. The molecule has 0 amide bonds. The van der Waals surface area contributed by atoms with Gasteiger partial charge in [-0.05, 0) is 36.0 Å². The summed E-state index contributed by atoms with van der Waals surface area (Å²) in [5.41, 5.74) is 0.534. The normalized spacial score (nSPS) is 49.2. The Hall–Kier alpha value is -0.510. The molecule has 0 aromatic rings. The summed E-state index contributed by atoms with van der Waals surface area (Å²) >= 11 is 0. The highest BCUT2D eigenvalue weighted by Crippen LogP contribution is 2.62. The highest BCUT2D eigenvalue weighted by Gasteiger charge is 2.56. The number of nitrogens with zero attached hydrogens (tertiary/aromatic N) is 1. The van der Waals surface area contributed by atoms with E-state index in [4.69, 9.17) is 5.26 Å². The molecule has 0 heterocycles. The van der Waals surface area contributed by atoms with Gasteiger partial charge in [0.15, 0.2) is 0 Å². The summed E-state index contributed by atoms with van der Waals surface area (Å²) in [6.07, 6.45) is 2.54. The largest absolute Gasteiger partial charge is 0.198 e. The van der Waals surface area contributed by atoms with Gasteiger partial charge >= 0.3 is 0 Å². The number of hydrogen-bond acceptors (Lipinski definition) is 1. The van der Waals surface area contributed by atoms with E-state index >= 15 is 0 Å². The van der Waals surface area contributed by atoms with Gasteiger partial charge < -0.3 is 0 Å². The van der Waals surface area contributed by atoms with E-state index in [0.717, 1.165) is 18.3 Å². The standard InChI is InChI=1S/C11H17N/c1-7-8(6-12)4-9-5-10(7)11(9,2)3/h7-10H,4-5H2,1-3H3. The van der Waals surface area contributed by atoms with E-state index < -0.39 is 0 Å². The molecule has 4 unspecified atom stereocenters. The van der Waals surface area contributed by atoms with Gasteiger partial charge in [-0.25, -0.2) is 0 Å². The Bertz CT molecular complexity index is 236. The van der Waals surface area contributed by atoms with Crippen LogP contribution in [0.5, 0.6) is 0 Å². The Balaban J connectivity index is 2.18. The molecule has 0 aromatic heterocycles. The zero-order valence-electron chi connectivity index (χ0n) is 8.17. The molecule has 1 heteroatoms. The lowest BCUT2D eigenvalue weighted by molar-refractivity contribution is -0.116. The zero-order valence-corrected chi connectivity index (χ0v) is 8.17. The maximum Gasteiger partial charge on any atom is 0.0658 e. The fraction of sp³-hybridized carbons (Fsp3) is 0.909. The van der Waals surface area contributed by atoms with Crippen LogP contribution in [0.2, 0.25) is 0 Å². The second kappa shape index (κ2) is 2.25. The van der Waals surface area contributed by atoms with Gasteiger partial charge in [0.05, 0.1) is 6.07 Å². The minimum absolute atomic E-state index is 0.349. The summed E-state index contributed by atoms with van der Waals surface area (Å²) in [4.78, 5) is 0. The fourth-order valence-corrected chi connectivity index (χ4v) is 3.32. The first-order chi connectivity index (χ1) is 5.57. The number of rotatable bonds is 0. The van der Waals surface area contributed by atoms with E-state index in [2.05, 4.69) is 26.8 Å². The summed E-state index contributed by atoms with van der Waals surface area (Å²) in [5.74, 6) is 2.64. The fourth-order valence-electron chi connectivity index (χ4n) is 3.32. The van der Waals surface area contributed by atoms with Crippen molar-refractivity contribution in [3.05, 3.63) is 0 Å². The van der Waals surface area contributed by atoms with Crippen LogP contribution in [-0.2, 0) is 0 Å². The molecule has 3 rings (SSSR count). The van der Waals surface area contributed by atoms with Crippen molar-refractivity contribution in [3.63, 3.8) is 0 Å². The average molecular weight is 163 g/mol. The van der Waals surface area contributed by atoms with Crippen molar-refractivity contribution < 1.29 is 0 Å². The molecule has 2 bridgehead atoms. The van der Waals surface area contributed by atoms with Crippen LogP contribution in [-0.4, -0.2) is 0 Å². The molecule has 3 aliphatic carbocycles. The summed E-state index contributed by atoms with van der Waals surface area (Å²) in [6.45, 7) is 7.00. The predicted molar refractivity (Wildman–Crippen MR) is 48.3 cm³/mol. The van der Waals surface area contributed by atoms with Crippen molar-refractivity contribution in [1.82, 2.24) is 0 Å². The van der Waals surface area contributed by atoms with Gasteiger partial charge in [-0.1, -0.05) is 20.8 Å². The summed E-state index contributed by atoms with van der Waals surface area (Å²) in [7, 11) is 0. The molecule has 0 N–H and O–H groups in total. The van der Waals surface area contributed by atoms with E-state index in [-0.39, 0.29) is 0 Å². The molecule has 12 heavy (non-hydrogen) atoms. The third-order valence-corrected chi connectivity index (χ3v) is 4.52. The van der Waals surface area contributed by atoms with E-state index in [1.165, 1.54) is 6.42 Å². The van der Waals surface area contributed by atoms with E-state index in [1.54, 1.807) is 0 Å². The topological polar surface area (TPSA) is 23.8 Å². The molecule has 3 saturated carbocycles. The third kappa shape index (κ3) is 0.787. The first kappa shape index (κ1) is 8.10. The van der Waals surface area contributed by atoms with Gasteiger partial charge in [-0.2, -0.15) is 5.26 Å². The minimum atomic E-state index is 0.349. The second-order valence-corrected chi connectivity index (χ2v) is 5.19. The molecule has 3 aliphatic rings. The van der Waals surface area contributed by atoms with Crippen LogP contribution in [0.4, 0.5) is 0 Å². The van der Waals surface area contributed by atoms with Gasteiger partial charge in [0.2, 0.25) is 0 Å². The Morgan fingerprint density at radius 3 is 2.42 bits per heavy atom. The van der Waals surface area contributed by atoms with Crippen molar-refractivity contribution in [2.24, 2.45) is 29.1 Å². The third-order valence-electron chi connectivity index (χ3n) is 4.52. The molecule has 3 fully saturated rings. The average Bonchev–Trinajstić information content (AvgIpc) is 2.03. The quantitative estimate of drug-likeness (QED) is 0.538. The molecule has 4 atom stereocenters. The lowest BCUT2D eigenvalue weighted by Crippen LogP contribution is -2.54. The Labute approximate surface area is 74.8 Å². The van der Waals surface area contributed by atoms with Gasteiger partial charge in [0, 0.05) is 5.92 Å². The SMILES string of the molecule is CC1C(C#N)CC2CC1C2(C)C. The number of hydrogen-bond donors (Lipinski definition) is 0. The smallest absolute Gasteiger partial charge is 0.0658 e. The molecule has 0 radical (unpaired) electrons. The van der Waals surface area contributed by atoms with Crippen LogP contribution in [0, 0.1) is 40.4 Å². The lowest BCUT2D eigenvalue weighted by Gasteiger charge is -2.61. The van der Waals surface area contributed by atoms with Gasteiger partial charge in [0.25, 0.3) is 0 Å². The van der Waals surface area contributed by atoms with Crippen LogP contribution < -0.4 is 0 Å².